The minimum Gasteiger partial charge on any atom is -0.342 e. The first-order chi connectivity index (χ1) is 9.15. The molecule has 0 N–H and O–H groups in total. The first-order valence-electron chi connectivity index (χ1n) is 6.46. The second-order valence-corrected chi connectivity index (χ2v) is 5.98. The van der Waals surface area contributed by atoms with E-state index in [1.807, 2.05) is 23.1 Å². The summed E-state index contributed by atoms with van der Waals surface area (Å²) in [5, 5.41) is 0.124. The lowest BCUT2D eigenvalue weighted by molar-refractivity contribution is -0.127. The molecule has 1 aromatic heterocycles. The molecule has 0 spiro atoms. The van der Waals surface area contributed by atoms with Crippen molar-refractivity contribution >= 4 is 22.8 Å². The zero-order valence-electron chi connectivity index (χ0n) is 11.0. The number of aromatic nitrogens is 1. The fourth-order valence-corrected chi connectivity index (χ4v) is 2.91. The summed E-state index contributed by atoms with van der Waals surface area (Å²) in [6.07, 6.45) is 3.13. The summed E-state index contributed by atoms with van der Waals surface area (Å²) in [5.41, 5.74) is 1.01. The summed E-state index contributed by atoms with van der Waals surface area (Å²) in [6.45, 7) is 3.06. The molecule has 0 aliphatic carbocycles. The van der Waals surface area contributed by atoms with Gasteiger partial charge in [-0.2, -0.15) is 0 Å². The third-order valence-electron chi connectivity index (χ3n) is 3.18. The number of carbonyl (C=O) groups is 2. The van der Waals surface area contributed by atoms with Gasteiger partial charge in [-0.3, -0.25) is 14.6 Å². The van der Waals surface area contributed by atoms with Gasteiger partial charge in [-0.05, 0) is 18.1 Å². The monoisotopic (exact) mass is 278 g/mol. The van der Waals surface area contributed by atoms with Gasteiger partial charge in [-0.25, -0.2) is 0 Å². The lowest BCUT2D eigenvalue weighted by Gasteiger charge is -2.16. The van der Waals surface area contributed by atoms with Crippen molar-refractivity contribution in [1.82, 2.24) is 9.88 Å². The van der Waals surface area contributed by atoms with Gasteiger partial charge in [0.1, 0.15) is 0 Å². The van der Waals surface area contributed by atoms with Crippen molar-refractivity contribution in [2.45, 2.75) is 19.8 Å². The molecule has 1 aliphatic heterocycles. The second kappa shape index (κ2) is 6.70. The van der Waals surface area contributed by atoms with E-state index in [4.69, 9.17) is 0 Å². The molecule has 2 rings (SSSR count). The van der Waals surface area contributed by atoms with E-state index in [2.05, 4.69) is 4.98 Å². The van der Waals surface area contributed by atoms with Crippen molar-refractivity contribution in [3.8, 4) is 0 Å². The van der Waals surface area contributed by atoms with Crippen molar-refractivity contribution in [3.63, 3.8) is 0 Å². The van der Waals surface area contributed by atoms with Crippen LogP contribution in [0.15, 0.2) is 24.4 Å². The predicted octanol–water partition coefficient (Wildman–Crippen LogP) is 1.75. The van der Waals surface area contributed by atoms with E-state index >= 15 is 0 Å². The summed E-state index contributed by atoms with van der Waals surface area (Å²) in [7, 11) is 0. The van der Waals surface area contributed by atoms with Crippen LogP contribution in [0.3, 0.4) is 0 Å². The van der Waals surface area contributed by atoms with Crippen LogP contribution in [0, 0.1) is 5.92 Å². The lowest BCUT2D eigenvalue weighted by Crippen LogP contribution is -2.28. The van der Waals surface area contributed by atoms with E-state index in [9.17, 15) is 9.59 Å². The van der Waals surface area contributed by atoms with Crippen LogP contribution in [0.2, 0.25) is 0 Å². The number of hydrogen-bond donors (Lipinski definition) is 0. The zero-order chi connectivity index (χ0) is 13.7. The van der Waals surface area contributed by atoms with Gasteiger partial charge in [0.2, 0.25) is 5.91 Å². The average molecular weight is 278 g/mol. The number of carbonyl (C=O) groups excluding carboxylic acids is 2. The van der Waals surface area contributed by atoms with Crippen molar-refractivity contribution in [1.29, 1.82) is 0 Å². The van der Waals surface area contributed by atoms with E-state index in [0.717, 1.165) is 31.0 Å². The Morgan fingerprint density at radius 2 is 2.37 bits per heavy atom. The number of rotatable bonds is 5. The Bertz CT molecular complexity index is 450. The number of hydrogen-bond acceptors (Lipinski definition) is 4. The van der Waals surface area contributed by atoms with E-state index in [0.29, 0.717) is 12.3 Å². The number of likely N-dealkylation sites (tertiary alicyclic amines) is 1. The molecule has 5 heteroatoms. The third-order valence-corrected chi connectivity index (χ3v) is 4.23. The van der Waals surface area contributed by atoms with Gasteiger partial charge < -0.3 is 4.90 Å². The maximum Gasteiger partial charge on any atom is 0.222 e. The van der Waals surface area contributed by atoms with Gasteiger partial charge in [0, 0.05) is 50.5 Å². The van der Waals surface area contributed by atoms with Gasteiger partial charge in [0.05, 0.1) is 0 Å². The van der Waals surface area contributed by atoms with Crippen LogP contribution in [0.1, 0.15) is 19.0 Å². The molecule has 1 aromatic rings. The maximum atomic E-state index is 11.9. The Labute approximate surface area is 117 Å². The third kappa shape index (κ3) is 4.35. The van der Waals surface area contributed by atoms with Crippen LogP contribution in [-0.4, -0.2) is 39.7 Å². The molecular weight excluding hydrogens is 260 g/mol. The van der Waals surface area contributed by atoms with Gasteiger partial charge in [0.15, 0.2) is 5.12 Å². The summed E-state index contributed by atoms with van der Waals surface area (Å²) >= 11 is 1.32. The van der Waals surface area contributed by atoms with Crippen LogP contribution in [-0.2, 0) is 16.0 Å². The van der Waals surface area contributed by atoms with Crippen LogP contribution in [0.25, 0.3) is 0 Å². The summed E-state index contributed by atoms with van der Waals surface area (Å²) in [4.78, 5) is 28.9. The highest BCUT2D eigenvalue weighted by Gasteiger charge is 2.29. The van der Waals surface area contributed by atoms with E-state index < -0.39 is 0 Å². The topological polar surface area (TPSA) is 50.3 Å². The average Bonchev–Trinajstić information content (AvgIpc) is 2.76. The molecule has 19 heavy (non-hydrogen) atoms. The molecule has 1 atom stereocenters. The molecule has 1 saturated heterocycles. The quantitative estimate of drug-likeness (QED) is 0.823. The van der Waals surface area contributed by atoms with E-state index in [1.165, 1.54) is 11.8 Å². The molecule has 1 amide bonds. The van der Waals surface area contributed by atoms with Gasteiger partial charge in [-0.1, -0.05) is 17.8 Å². The first kappa shape index (κ1) is 14.1. The minimum atomic E-state index is 0.124. The molecular formula is C14H18N2O2S. The first-order valence-corrected chi connectivity index (χ1v) is 7.45. The van der Waals surface area contributed by atoms with Crippen molar-refractivity contribution in [2.24, 2.45) is 5.92 Å². The minimum absolute atomic E-state index is 0.124. The molecule has 1 aliphatic rings. The largest absolute Gasteiger partial charge is 0.342 e. The highest BCUT2D eigenvalue weighted by Crippen LogP contribution is 2.22. The Hall–Kier alpha value is -1.36. The number of thioether (sulfide) groups is 1. The summed E-state index contributed by atoms with van der Waals surface area (Å²) in [5.74, 6) is 1.26. The number of amides is 1. The second-order valence-electron chi connectivity index (χ2n) is 4.78. The number of pyridine rings is 1. The lowest BCUT2D eigenvalue weighted by atomic mass is 10.1. The fraction of sp³-hybridized carbons (Fsp3) is 0.500. The molecule has 1 unspecified atom stereocenters. The fourth-order valence-electron chi connectivity index (χ4n) is 2.21. The Kier molecular flexibility index (Phi) is 4.96. The molecule has 0 aromatic carbocycles. The number of nitrogens with zero attached hydrogens (tertiary/aromatic N) is 2. The maximum absolute atomic E-state index is 11.9. The molecule has 102 valence electrons. The Balaban J connectivity index is 1.78. The SMILES string of the molecule is CC(=O)SCC1CC(=O)N(CCc2ccccn2)C1. The van der Waals surface area contributed by atoms with Crippen molar-refractivity contribution < 1.29 is 9.59 Å². The van der Waals surface area contributed by atoms with E-state index in [-0.39, 0.29) is 11.0 Å². The molecule has 0 radical (unpaired) electrons. The van der Waals surface area contributed by atoms with Crippen molar-refractivity contribution in [3.05, 3.63) is 30.1 Å². The standard InChI is InChI=1S/C14H18N2O2S/c1-11(17)19-10-12-8-14(18)16(9-12)7-5-13-4-2-3-6-15-13/h2-4,6,12H,5,7-10H2,1H3. The highest BCUT2D eigenvalue weighted by molar-refractivity contribution is 8.13. The zero-order valence-corrected chi connectivity index (χ0v) is 11.9. The smallest absolute Gasteiger partial charge is 0.222 e. The summed E-state index contributed by atoms with van der Waals surface area (Å²) in [6, 6.07) is 5.82. The van der Waals surface area contributed by atoms with Gasteiger partial charge >= 0.3 is 0 Å². The van der Waals surface area contributed by atoms with Gasteiger partial charge in [-0.15, -0.1) is 0 Å². The summed E-state index contributed by atoms with van der Waals surface area (Å²) < 4.78 is 0. The Morgan fingerprint density at radius 3 is 3.05 bits per heavy atom. The molecule has 0 saturated carbocycles. The van der Waals surface area contributed by atoms with Crippen LogP contribution in [0.4, 0.5) is 0 Å². The van der Waals surface area contributed by atoms with Crippen molar-refractivity contribution in [2.75, 3.05) is 18.8 Å². The van der Waals surface area contributed by atoms with E-state index in [1.54, 1.807) is 13.1 Å². The van der Waals surface area contributed by atoms with Crippen LogP contribution < -0.4 is 0 Å². The van der Waals surface area contributed by atoms with Gasteiger partial charge in [0.25, 0.3) is 0 Å². The predicted molar refractivity (Wildman–Crippen MR) is 75.8 cm³/mol. The van der Waals surface area contributed by atoms with Crippen LogP contribution >= 0.6 is 11.8 Å². The molecule has 0 bridgehead atoms. The highest BCUT2D eigenvalue weighted by atomic mass is 32.2. The Morgan fingerprint density at radius 1 is 1.53 bits per heavy atom. The molecule has 2 heterocycles. The normalized spacial score (nSPS) is 18.9. The molecule has 1 fully saturated rings. The molecule has 4 nitrogen and oxygen atoms in total. The van der Waals surface area contributed by atoms with Crippen LogP contribution in [0.5, 0.6) is 0 Å².